The molecule has 0 fully saturated rings. The first kappa shape index (κ1) is 29.6. The predicted molar refractivity (Wildman–Crippen MR) is 143 cm³/mol. The molecule has 3 aromatic rings. The average Bonchev–Trinajstić information content (AvgIpc) is 2.82. The van der Waals surface area contributed by atoms with Gasteiger partial charge >= 0.3 is 16.8 Å². The Kier molecular flexibility index (Phi) is 12.0. The molecular weight excluding hydrogens is 551 g/mol. The van der Waals surface area contributed by atoms with E-state index in [1.54, 1.807) is 60.9 Å². The molecule has 0 N–H and O–H groups in total. The van der Waals surface area contributed by atoms with Crippen LogP contribution in [0.1, 0.15) is 13.8 Å². The second-order valence-corrected chi connectivity index (χ2v) is 12.9. The van der Waals surface area contributed by atoms with Crippen molar-refractivity contribution < 1.29 is 30.7 Å². The lowest BCUT2D eigenvalue weighted by Gasteiger charge is -2.21. The normalized spacial score (nSPS) is 12.3. The van der Waals surface area contributed by atoms with Crippen LogP contribution in [0.5, 0.6) is 11.5 Å². The van der Waals surface area contributed by atoms with E-state index in [0.29, 0.717) is 24.0 Å². The molecule has 3 aromatic carbocycles. The quantitative estimate of drug-likeness (QED) is 0.160. The van der Waals surface area contributed by atoms with Gasteiger partial charge in [0.05, 0.1) is 13.2 Å². The molecule has 0 saturated heterocycles. The molecule has 3 rings (SSSR count). The largest absolute Gasteiger partial charge is 0.612 e. The summed E-state index contributed by atoms with van der Waals surface area (Å²) in [6, 6.07) is 21.0. The third kappa shape index (κ3) is 10.1. The smallest absolute Gasteiger partial charge is 0.380 e. The maximum absolute atomic E-state index is 11.8. The number of hydrogen-bond acceptors (Lipinski definition) is 8. The van der Waals surface area contributed by atoms with Gasteiger partial charge in [-0.15, -0.1) is 0 Å². The lowest BCUT2D eigenvalue weighted by molar-refractivity contribution is 0.218. The molecule has 0 amide bonds. The molecular formula is C23H26ClO7PS3. The summed E-state index contributed by atoms with van der Waals surface area (Å²) >= 11 is 9.94. The van der Waals surface area contributed by atoms with Crippen LogP contribution in [0, 0.1) is 0 Å². The van der Waals surface area contributed by atoms with E-state index < -0.39 is 28.0 Å². The summed E-state index contributed by atoms with van der Waals surface area (Å²) < 4.78 is 56.2. The van der Waals surface area contributed by atoms with Crippen LogP contribution in [0.25, 0.3) is 0 Å². The molecule has 0 heterocycles. The minimum atomic E-state index is -3.77. The van der Waals surface area contributed by atoms with E-state index in [2.05, 4.69) is 0 Å². The van der Waals surface area contributed by atoms with E-state index in [0.717, 1.165) is 4.90 Å². The first-order valence-corrected chi connectivity index (χ1v) is 16.3. The van der Waals surface area contributed by atoms with E-state index in [1.807, 2.05) is 13.8 Å². The summed E-state index contributed by atoms with van der Waals surface area (Å²) in [5.41, 5.74) is 0. The van der Waals surface area contributed by atoms with Crippen LogP contribution in [0.4, 0.5) is 0 Å². The highest BCUT2D eigenvalue weighted by Crippen LogP contribution is 2.49. The first-order chi connectivity index (χ1) is 16.6. The van der Waals surface area contributed by atoms with Crippen LogP contribution in [0.2, 0.25) is 5.02 Å². The molecule has 0 aliphatic carbocycles. The Morgan fingerprint density at radius 2 is 1.40 bits per heavy atom. The topological polar surface area (TPSA) is 94.1 Å². The highest BCUT2D eigenvalue weighted by atomic mass is 35.5. The summed E-state index contributed by atoms with van der Waals surface area (Å²) in [5, 5.41) is 0.523. The highest BCUT2D eigenvalue weighted by Gasteiger charge is 2.21. The second-order valence-electron chi connectivity index (χ2n) is 6.60. The Morgan fingerprint density at radius 3 is 1.89 bits per heavy atom. The molecule has 1 unspecified atom stereocenters. The number of hydrogen-bond donors (Lipinski definition) is 0. The minimum Gasteiger partial charge on any atom is -0.612 e. The zero-order chi connectivity index (χ0) is 25.9. The van der Waals surface area contributed by atoms with E-state index in [4.69, 9.17) is 41.2 Å². The Bertz CT molecular complexity index is 1180. The minimum absolute atomic E-state index is 0.120. The van der Waals surface area contributed by atoms with E-state index in [9.17, 15) is 13.0 Å². The van der Waals surface area contributed by atoms with E-state index in [-0.39, 0.29) is 10.6 Å². The molecule has 35 heavy (non-hydrogen) atoms. The van der Waals surface area contributed by atoms with Gasteiger partial charge < -0.3 is 13.3 Å². The predicted octanol–water partition coefficient (Wildman–Crippen LogP) is 6.21. The molecule has 12 heteroatoms. The van der Waals surface area contributed by atoms with Gasteiger partial charge in [-0.3, -0.25) is 9.05 Å². The zero-order valence-electron chi connectivity index (χ0n) is 19.3. The lowest BCUT2D eigenvalue weighted by Crippen LogP contribution is -2.09. The van der Waals surface area contributed by atoms with Crippen molar-refractivity contribution in [3.8, 4) is 11.5 Å². The number of halogens is 1. The van der Waals surface area contributed by atoms with Crippen LogP contribution in [-0.2, 0) is 42.1 Å². The van der Waals surface area contributed by atoms with Crippen molar-refractivity contribution in [2.24, 2.45) is 0 Å². The fourth-order valence-corrected chi connectivity index (χ4v) is 6.16. The molecule has 1 atom stereocenters. The molecule has 0 spiro atoms. The molecule has 0 aliphatic rings. The first-order valence-electron chi connectivity index (χ1n) is 10.4. The van der Waals surface area contributed by atoms with Crippen molar-refractivity contribution in [2.45, 2.75) is 23.6 Å². The third-order valence-electron chi connectivity index (χ3n) is 4.00. The maximum Gasteiger partial charge on any atom is 0.380 e. The van der Waals surface area contributed by atoms with Crippen molar-refractivity contribution in [3.05, 3.63) is 83.9 Å². The van der Waals surface area contributed by atoms with Gasteiger partial charge in [0.25, 0.3) is 0 Å². The van der Waals surface area contributed by atoms with Crippen LogP contribution in [0.15, 0.2) is 88.7 Å². The average molecular weight is 577 g/mol. The van der Waals surface area contributed by atoms with E-state index >= 15 is 0 Å². The van der Waals surface area contributed by atoms with Gasteiger partial charge in [-0.1, -0.05) is 29.8 Å². The SMILES string of the molecule is CCOP(=S)(OCC)Oc1ccc([S+](C)[O-])cc1.O=S(=O)(Oc1ccc(Cl)cc1)c1ccccc1. The molecule has 0 saturated carbocycles. The lowest BCUT2D eigenvalue weighted by atomic mass is 10.3. The van der Waals surface area contributed by atoms with Crippen LogP contribution in [0.3, 0.4) is 0 Å². The summed E-state index contributed by atoms with van der Waals surface area (Å²) in [4.78, 5) is 0.860. The Morgan fingerprint density at radius 1 is 0.886 bits per heavy atom. The Hall–Kier alpha value is -1.62. The van der Waals surface area contributed by atoms with E-state index in [1.165, 1.54) is 24.3 Å². The monoisotopic (exact) mass is 576 g/mol. The molecule has 0 radical (unpaired) electrons. The molecule has 0 bridgehead atoms. The maximum atomic E-state index is 11.8. The van der Waals surface area contributed by atoms with Crippen LogP contribution < -0.4 is 8.71 Å². The van der Waals surface area contributed by atoms with Gasteiger partial charge in [0.2, 0.25) is 0 Å². The van der Waals surface area contributed by atoms with Crippen molar-refractivity contribution in [2.75, 3.05) is 19.5 Å². The van der Waals surface area contributed by atoms with Crippen LogP contribution in [-0.4, -0.2) is 32.4 Å². The standard InChI is InChI=1S/C12H9ClO3S.C11H17O4PS2/c13-10-6-8-11(9-7-10)16-17(14,15)12-4-2-1-3-5-12;1-4-13-16(17,14-5-2)15-10-6-8-11(9-7-10)18(3)12/h1-9H;6-9H,4-5H2,1-3H3. The fourth-order valence-electron chi connectivity index (χ4n) is 2.48. The Labute approximate surface area is 219 Å². The summed E-state index contributed by atoms with van der Waals surface area (Å²) in [5.74, 6) is 0.799. The van der Waals surface area contributed by atoms with Gasteiger partial charge in [0, 0.05) is 16.8 Å². The van der Waals surface area contributed by atoms with Gasteiger partial charge in [0.1, 0.15) is 22.7 Å². The third-order valence-corrected chi connectivity index (χ3v) is 8.89. The highest BCUT2D eigenvalue weighted by molar-refractivity contribution is 8.07. The van der Waals surface area contributed by atoms with Crippen molar-refractivity contribution in [1.82, 2.24) is 0 Å². The van der Waals surface area contributed by atoms with Crippen molar-refractivity contribution in [1.29, 1.82) is 0 Å². The second kappa shape index (κ2) is 14.2. The Balaban J connectivity index is 0.000000247. The fraction of sp³-hybridized carbons (Fsp3) is 0.217. The van der Waals surface area contributed by atoms with Gasteiger partial charge in [-0.05, 0) is 85.7 Å². The number of rotatable bonds is 10. The molecule has 190 valence electrons. The van der Waals surface area contributed by atoms with Crippen molar-refractivity contribution >= 4 is 51.4 Å². The molecule has 0 aliphatic heterocycles. The van der Waals surface area contributed by atoms with Gasteiger partial charge in [-0.2, -0.15) is 8.42 Å². The zero-order valence-corrected chi connectivity index (χ0v) is 23.4. The van der Waals surface area contributed by atoms with Gasteiger partial charge in [0.15, 0.2) is 4.90 Å². The summed E-state index contributed by atoms with van der Waals surface area (Å²) in [6.45, 7) is 1.84. The van der Waals surface area contributed by atoms with Gasteiger partial charge in [-0.25, -0.2) is 0 Å². The molecule has 7 nitrogen and oxygen atoms in total. The van der Waals surface area contributed by atoms with Crippen molar-refractivity contribution in [3.63, 3.8) is 0 Å². The summed E-state index contributed by atoms with van der Waals surface area (Å²) in [6.07, 6.45) is 1.63. The molecule has 0 aromatic heterocycles. The summed E-state index contributed by atoms with van der Waals surface area (Å²) in [7, 11) is -3.77. The van der Waals surface area contributed by atoms with Crippen LogP contribution >= 0.6 is 18.3 Å². The number of benzene rings is 3.